The van der Waals surface area contributed by atoms with Gasteiger partial charge < -0.3 is 20.5 Å². The molecule has 0 saturated heterocycles. The second-order valence-corrected chi connectivity index (χ2v) is 4.28. The predicted octanol–water partition coefficient (Wildman–Crippen LogP) is 2.57. The summed E-state index contributed by atoms with van der Waals surface area (Å²) < 4.78 is 11.2. The minimum atomic E-state index is 0.606. The average molecular weight is 257 g/mol. The fourth-order valence-electron chi connectivity index (χ4n) is 1.90. The van der Waals surface area contributed by atoms with Crippen molar-refractivity contribution in [2.75, 3.05) is 24.3 Å². The minimum absolute atomic E-state index is 0.606. The van der Waals surface area contributed by atoms with Gasteiger partial charge in [0.1, 0.15) is 0 Å². The first-order valence-electron chi connectivity index (χ1n) is 6.20. The third kappa shape index (κ3) is 2.54. The van der Waals surface area contributed by atoms with E-state index in [0.29, 0.717) is 24.7 Å². The predicted molar refractivity (Wildman–Crippen MR) is 74.0 cm³/mol. The van der Waals surface area contributed by atoms with Gasteiger partial charge in [0, 0.05) is 24.4 Å². The molecule has 1 aromatic heterocycles. The normalized spacial score (nSPS) is 13.7. The molecule has 0 spiro atoms. The highest BCUT2D eigenvalue weighted by Crippen LogP contribution is 2.33. The number of nitrogen functional groups attached to an aromatic ring is 1. The van der Waals surface area contributed by atoms with E-state index in [1.165, 1.54) is 0 Å². The molecule has 0 bridgehead atoms. The maximum Gasteiger partial charge on any atom is 0.163 e. The third-order valence-corrected chi connectivity index (χ3v) is 2.85. The van der Waals surface area contributed by atoms with E-state index in [9.17, 15) is 0 Å². The Hall–Kier alpha value is -2.43. The molecule has 1 aliphatic rings. The number of ether oxygens (including phenoxy) is 2. The molecule has 0 aliphatic carbocycles. The number of nitrogens with one attached hydrogen (secondary N) is 1. The summed E-state index contributed by atoms with van der Waals surface area (Å²) in [5.41, 5.74) is 7.33. The molecule has 19 heavy (non-hydrogen) atoms. The van der Waals surface area contributed by atoms with Crippen molar-refractivity contribution < 1.29 is 9.47 Å². The first kappa shape index (κ1) is 11.6. The minimum Gasteiger partial charge on any atom is -0.490 e. The van der Waals surface area contributed by atoms with E-state index >= 15 is 0 Å². The maximum absolute atomic E-state index is 5.85. The molecule has 5 heteroatoms. The van der Waals surface area contributed by atoms with Crippen LogP contribution < -0.4 is 20.5 Å². The van der Waals surface area contributed by atoms with Crippen LogP contribution in [0.3, 0.4) is 0 Å². The van der Waals surface area contributed by atoms with Crippen molar-refractivity contribution in [1.29, 1.82) is 0 Å². The van der Waals surface area contributed by atoms with Crippen LogP contribution in [0.15, 0.2) is 36.5 Å². The van der Waals surface area contributed by atoms with Gasteiger partial charge in [-0.3, -0.25) is 0 Å². The van der Waals surface area contributed by atoms with E-state index in [1.807, 2.05) is 18.2 Å². The van der Waals surface area contributed by atoms with E-state index in [-0.39, 0.29) is 0 Å². The Bertz CT molecular complexity index is 587. The smallest absolute Gasteiger partial charge is 0.163 e. The monoisotopic (exact) mass is 257 g/mol. The molecule has 0 radical (unpaired) electrons. The lowest BCUT2D eigenvalue weighted by molar-refractivity contribution is 0.297. The molecule has 2 aromatic rings. The Labute approximate surface area is 111 Å². The van der Waals surface area contributed by atoms with E-state index < -0.39 is 0 Å². The fraction of sp³-hybridized carbons (Fsp3) is 0.214. The lowest BCUT2D eigenvalue weighted by Gasteiger charge is -2.11. The number of anilines is 3. The molecular formula is C14H15N3O2. The summed E-state index contributed by atoms with van der Waals surface area (Å²) in [6.07, 6.45) is 2.59. The molecule has 0 atom stereocenters. The van der Waals surface area contributed by atoms with Gasteiger partial charge in [-0.1, -0.05) is 0 Å². The molecule has 1 aliphatic heterocycles. The Morgan fingerprint density at radius 2 is 1.95 bits per heavy atom. The number of hydrogen-bond donors (Lipinski definition) is 2. The van der Waals surface area contributed by atoms with Crippen molar-refractivity contribution in [3.05, 3.63) is 36.5 Å². The number of hydrogen-bond acceptors (Lipinski definition) is 5. The standard InChI is InChI=1S/C14H15N3O2/c15-11-3-1-6-16-14(11)17-10-4-5-12-13(9-10)19-8-2-7-18-12/h1,3-6,9H,2,7-8,15H2,(H,16,17). The van der Waals surface area contributed by atoms with Crippen LogP contribution in [0.2, 0.25) is 0 Å². The Kier molecular flexibility index (Phi) is 3.10. The average Bonchev–Trinajstić information content (AvgIpc) is 2.66. The van der Waals surface area contributed by atoms with E-state index in [2.05, 4.69) is 10.3 Å². The molecule has 3 rings (SSSR count). The zero-order valence-corrected chi connectivity index (χ0v) is 10.4. The van der Waals surface area contributed by atoms with Gasteiger partial charge in [0.15, 0.2) is 17.3 Å². The molecule has 2 heterocycles. The van der Waals surface area contributed by atoms with Crippen molar-refractivity contribution in [2.45, 2.75) is 6.42 Å². The van der Waals surface area contributed by atoms with Crippen LogP contribution in [0.5, 0.6) is 11.5 Å². The summed E-state index contributed by atoms with van der Waals surface area (Å²) in [4.78, 5) is 4.20. The number of nitrogens with zero attached hydrogens (tertiary/aromatic N) is 1. The molecule has 5 nitrogen and oxygen atoms in total. The molecule has 0 fully saturated rings. The number of benzene rings is 1. The van der Waals surface area contributed by atoms with E-state index in [4.69, 9.17) is 15.2 Å². The maximum atomic E-state index is 5.85. The molecular weight excluding hydrogens is 242 g/mol. The van der Waals surface area contributed by atoms with Crippen molar-refractivity contribution in [1.82, 2.24) is 4.98 Å². The van der Waals surface area contributed by atoms with Gasteiger partial charge in [0.2, 0.25) is 0 Å². The summed E-state index contributed by atoms with van der Waals surface area (Å²) in [7, 11) is 0. The summed E-state index contributed by atoms with van der Waals surface area (Å²) in [6, 6.07) is 9.31. The number of fused-ring (bicyclic) bond motifs is 1. The first-order chi connectivity index (χ1) is 9.33. The molecule has 1 aromatic carbocycles. The Morgan fingerprint density at radius 1 is 1.11 bits per heavy atom. The van der Waals surface area contributed by atoms with Crippen LogP contribution in [0, 0.1) is 0 Å². The van der Waals surface area contributed by atoms with E-state index in [0.717, 1.165) is 23.6 Å². The largest absolute Gasteiger partial charge is 0.490 e. The van der Waals surface area contributed by atoms with Crippen molar-refractivity contribution in [2.24, 2.45) is 0 Å². The zero-order chi connectivity index (χ0) is 13.1. The zero-order valence-electron chi connectivity index (χ0n) is 10.4. The second-order valence-electron chi connectivity index (χ2n) is 4.28. The topological polar surface area (TPSA) is 69.4 Å². The van der Waals surface area contributed by atoms with E-state index in [1.54, 1.807) is 18.3 Å². The van der Waals surface area contributed by atoms with Crippen LogP contribution in [-0.4, -0.2) is 18.2 Å². The van der Waals surface area contributed by atoms with Crippen LogP contribution in [0.4, 0.5) is 17.2 Å². The lowest BCUT2D eigenvalue weighted by Crippen LogP contribution is -1.99. The van der Waals surface area contributed by atoms with Gasteiger partial charge in [-0.15, -0.1) is 0 Å². The van der Waals surface area contributed by atoms with Gasteiger partial charge in [0.05, 0.1) is 18.9 Å². The van der Waals surface area contributed by atoms with Crippen LogP contribution in [-0.2, 0) is 0 Å². The van der Waals surface area contributed by atoms with Crippen LogP contribution in [0.25, 0.3) is 0 Å². The molecule has 3 N–H and O–H groups in total. The Morgan fingerprint density at radius 3 is 2.79 bits per heavy atom. The highest BCUT2D eigenvalue weighted by atomic mass is 16.5. The molecule has 98 valence electrons. The van der Waals surface area contributed by atoms with Crippen molar-refractivity contribution >= 4 is 17.2 Å². The second kappa shape index (κ2) is 5.06. The van der Waals surface area contributed by atoms with Gasteiger partial charge in [-0.2, -0.15) is 0 Å². The summed E-state index contributed by atoms with van der Waals surface area (Å²) in [5.74, 6) is 2.16. The highest BCUT2D eigenvalue weighted by Gasteiger charge is 2.11. The number of rotatable bonds is 2. The number of nitrogens with two attached hydrogens (primary N) is 1. The highest BCUT2D eigenvalue weighted by molar-refractivity contribution is 5.69. The first-order valence-corrected chi connectivity index (χ1v) is 6.20. The Balaban J connectivity index is 1.86. The van der Waals surface area contributed by atoms with Gasteiger partial charge in [-0.05, 0) is 24.3 Å². The lowest BCUT2D eigenvalue weighted by atomic mass is 10.2. The molecule has 0 amide bonds. The SMILES string of the molecule is Nc1cccnc1Nc1ccc2c(c1)OCCCO2. The molecule has 0 unspecified atom stereocenters. The number of aromatic nitrogens is 1. The number of pyridine rings is 1. The summed E-state index contributed by atoms with van der Waals surface area (Å²) in [5, 5.41) is 3.17. The summed E-state index contributed by atoms with van der Waals surface area (Å²) in [6.45, 7) is 1.36. The quantitative estimate of drug-likeness (QED) is 0.865. The van der Waals surface area contributed by atoms with Gasteiger partial charge in [-0.25, -0.2) is 4.98 Å². The molecule has 0 saturated carbocycles. The van der Waals surface area contributed by atoms with Crippen LogP contribution in [0.1, 0.15) is 6.42 Å². The van der Waals surface area contributed by atoms with Gasteiger partial charge in [0.25, 0.3) is 0 Å². The summed E-state index contributed by atoms with van der Waals surface area (Å²) >= 11 is 0. The van der Waals surface area contributed by atoms with Crippen LogP contribution >= 0.6 is 0 Å². The van der Waals surface area contributed by atoms with Crippen molar-refractivity contribution in [3.8, 4) is 11.5 Å². The third-order valence-electron chi connectivity index (χ3n) is 2.85. The van der Waals surface area contributed by atoms with Crippen molar-refractivity contribution in [3.63, 3.8) is 0 Å². The van der Waals surface area contributed by atoms with Gasteiger partial charge >= 0.3 is 0 Å². The fourth-order valence-corrected chi connectivity index (χ4v) is 1.90.